The van der Waals surface area contributed by atoms with E-state index in [-0.39, 0.29) is 30.5 Å². The Balaban J connectivity index is 1.62. The summed E-state index contributed by atoms with van der Waals surface area (Å²) in [6.45, 7) is -0.344. The van der Waals surface area contributed by atoms with Crippen LogP contribution in [0.2, 0.25) is 0 Å². The van der Waals surface area contributed by atoms with Gasteiger partial charge >= 0.3 is 0 Å². The first-order valence-electron chi connectivity index (χ1n) is 11.1. The van der Waals surface area contributed by atoms with Gasteiger partial charge in [-0.1, -0.05) is 36.4 Å². The number of nitrogens with zero attached hydrogens (tertiary/aromatic N) is 2. The van der Waals surface area contributed by atoms with Crippen molar-refractivity contribution in [1.29, 1.82) is 5.26 Å². The van der Waals surface area contributed by atoms with Gasteiger partial charge in [-0.2, -0.15) is 5.26 Å². The van der Waals surface area contributed by atoms with E-state index in [0.717, 1.165) is 11.6 Å². The number of pyridine rings is 1. The largest absolute Gasteiger partial charge is 0.345 e. The van der Waals surface area contributed by atoms with Crippen molar-refractivity contribution in [1.82, 2.24) is 15.6 Å². The summed E-state index contributed by atoms with van der Waals surface area (Å²) in [5.74, 6) is -4.53. The van der Waals surface area contributed by atoms with Crippen molar-refractivity contribution in [3.63, 3.8) is 0 Å². The van der Waals surface area contributed by atoms with Gasteiger partial charge in [0.25, 0.3) is 11.8 Å². The fraction of sp³-hybridized carbons (Fsp3) is 0.185. The molecular formula is C27H23FN4O4. The molecule has 0 unspecified atom stereocenters. The third-order valence-corrected chi connectivity index (χ3v) is 5.35. The molecule has 1 heterocycles. The predicted octanol–water partition coefficient (Wildman–Crippen LogP) is 2.53. The summed E-state index contributed by atoms with van der Waals surface area (Å²) >= 11 is 0. The van der Waals surface area contributed by atoms with Crippen molar-refractivity contribution >= 4 is 23.4 Å². The first kappa shape index (κ1) is 25.9. The first-order chi connectivity index (χ1) is 17.4. The number of nitrogens with one attached hydrogen (secondary N) is 2. The lowest BCUT2D eigenvalue weighted by Gasteiger charge is -2.15. The van der Waals surface area contributed by atoms with Gasteiger partial charge in [-0.25, -0.2) is 4.39 Å². The van der Waals surface area contributed by atoms with E-state index in [1.54, 1.807) is 54.7 Å². The van der Waals surface area contributed by atoms with Gasteiger partial charge in [-0.15, -0.1) is 0 Å². The Bertz CT molecular complexity index is 1290. The molecule has 0 bridgehead atoms. The summed E-state index contributed by atoms with van der Waals surface area (Å²) in [5, 5.41) is 13.7. The predicted molar refractivity (Wildman–Crippen MR) is 128 cm³/mol. The fourth-order valence-electron chi connectivity index (χ4n) is 3.48. The standard InChI is InChI=1S/C27H23FN4O4/c28-24-14-19(9-10-20(24)15-29)26(35)32-17-23(33)13-21(12-18-6-2-1-3-7-18)25(34)27(36)31-16-22-8-4-5-11-30-22/h1-11,14,21H,12-13,16-17H2,(H,31,36)(H,32,35)/t21-/m0/s1. The number of hydrogen-bond donors (Lipinski definition) is 2. The van der Waals surface area contributed by atoms with E-state index in [1.165, 1.54) is 12.1 Å². The fourth-order valence-corrected chi connectivity index (χ4v) is 3.48. The van der Waals surface area contributed by atoms with E-state index < -0.39 is 41.7 Å². The normalized spacial score (nSPS) is 11.1. The van der Waals surface area contributed by atoms with E-state index in [9.17, 15) is 23.6 Å². The number of nitriles is 1. The second-order valence-corrected chi connectivity index (χ2v) is 7.99. The molecule has 0 fully saturated rings. The van der Waals surface area contributed by atoms with Crippen LogP contribution in [0.15, 0.2) is 72.9 Å². The van der Waals surface area contributed by atoms with Crippen molar-refractivity contribution in [2.75, 3.05) is 6.54 Å². The number of aromatic nitrogens is 1. The average molecular weight is 487 g/mol. The van der Waals surface area contributed by atoms with Crippen LogP contribution >= 0.6 is 0 Å². The van der Waals surface area contributed by atoms with E-state index in [4.69, 9.17) is 5.26 Å². The zero-order chi connectivity index (χ0) is 25.9. The molecule has 0 aliphatic rings. The molecule has 0 radical (unpaired) electrons. The summed E-state index contributed by atoms with van der Waals surface area (Å²) in [6, 6.07) is 19.2. The molecule has 0 saturated heterocycles. The quantitative estimate of drug-likeness (QED) is 0.401. The Morgan fingerprint density at radius 1 is 0.972 bits per heavy atom. The number of carbonyl (C=O) groups excluding carboxylic acids is 4. The van der Waals surface area contributed by atoms with E-state index in [2.05, 4.69) is 15.6 Å². The Hall–Kier alpha value is -4.71. The minimum atomic E-state index is -0.937. The van der Waals surface area contributed by atoms with Crippen molar-refractivity contribution < 1.29 is 23.6 Å². The number of carbonyl (C=O) groups is 4. The average Bonchev–Trinajstić information content (AvgIpc) is 2.90. The third kappa shape index (κ3) is 7.40. The van der Waals surface area contributed by atoms with Gasteiger partial charge in [0, 0.05) is 24.1 Å². The molecule has 182 valence electrons. The van der Waals surface area contributed by atoms with Crippen molar-refractivity contribution in [2.45, 2.75) is 19.4 Å². The van der Waals surface area contributed by atoms with Crippen molar-refractivity contribution in [3.05, 3.63) is 101 Å². The Labute approximate surface area is 207 Å². The molecule has 0 aliphatic heterocycles. The van der Waals surface area contributed by atoms with Gasteiger partial charge in [0.15, 0.2) is 5.78 Å². The summed E-state index contributed by atoms with van der Waals surface area (Å²) < 4.78 is 13.8. The van der Waals surface area contributed by atoms with Crippen molar-refractivity contribution in [2.24, 2.45) is 5.92 Å². The number of benzene rings is 2. The molecule has 8 nitrogen and oxygen atoms in total. The first-order valence-corrected chi connectivity index (χ1v) is 11.1. The number of halogens is 1. The molecule has 2 aromatic carbocycles. The van der Waals surface area contributed by atoms with Gasteiger partial charge in [-0.3, -0.25) is 24.2 Å². The topological polar surface area (TPSA) is 129 Å². The van der Waals surface area contributed by atoms with E-state index in [0.29, 0.717) is 5.69 Å². The van der Waals surface area contributed by atoms with Gasteiger partial charge < -0.3 is 10.6 Å². The van der Waals surface area contributed by atoms with E-state index in [1.807, 2.05) is 6.07 Å². The number of Topliss-reactive ketones (excluding diaryl/α,β-unsaturated/α-hetero) is 2. The maximum Gasteiger partial charge on any atom is 0.288 e. The third-order valence-electron chi connectivity index (χ3n) is 5.35. The van der Waals surface area contributed by atoms with Crippen LogP contribution in [0.5, 0.6) is 0 Å². The number of amides is 2. The minimum absolute atomic E-state index is 0.0508. The highest BCUT2D eigenvalue weighted by Gasteiger charge is 2.28. The second kappa shape index (κ2) is 12.7. The Morgan fingerprint density at radius 2 is 1.72 bits per heavy atom. The summed E-state index contributed by atoms with van der Waals surface area (Å²) in [5.41, 5.74) is 1.10. The number of rotatable bonds is 11. The smallest absolute Gasteiger partial charge is 0.288 e. The molecule has 0 spiro atoms. The molecular weight excluding hydrogens is 463 g/mol. The van der Waals surface area contributed by atoms with Gasteiger partial charge in [0.1, 0.15) is 11.9 Å². The van der Waals surface area contributed by atoms with Crippen LogP contribution in [0, 0.1) is 23.1 Å². The molecule has 1 atom stereocenters. The highest BCUT2D eigenvalue weighted by molar-refractivity contribution is 6.37. The highest BCUT2D eigenvalue weighted by Crippen LogP contribution is 2.15. The molecule has 2 N–H and O–H groups in total. The van der Waals surface area contributed by atoms with Crippen LogP contribution < -0.4 is 10.6 Å². The molecule has 0 saturated carbocycles. The maximum absolute atomic E-state index is 13.8. The number of hydrogen-bond acceptors (Lipinski definition) is 6. The molecule has 3 aromatic rings. The van der Waals surface area contributed by atoms with Crippen LogP contribution in [-0.2, 0) is 27.3 Å². The molecule has 9 heteroatoms. The van der Waals surface area contributed by atoms with Crippen molar-refractivity contribution in [3.8, 4) is 6.07 Å². The Morgan fingerprint density at radius 3 is 2.39 bits per heavy atom. The molecule has 3 rings (SSSR count). The lowest BCUT2D eigenvalue weighted by Crippen LogP contribution is -2.38. The lowest BCUT2D eigenvalue weighted by molar-refractivity contribution is -0.141. The SMILES string of the molecule is N#Cc1ccc(C(=O)NCC(=O)C[C@H](Cc2ccccc2)C(=O)C(=O)NCc2ccccn2)cc1F. The maximum atomic E-state index is 13.8. The highest BCUT2D eigenvalue weighted by atomic mass is 19.1. The molecule has 1 aromatic heterocycles. The lowest BCUT2D eigenvalue weighted by atomic mass is 9.90. The van der Waals surface area contributed by atoms with Crippen LogP contribution in [0.3, 0.4) is 0 Å². The summed E-state index contributed by atoms with van der Waals surface area (Å²) in [6.07, 6.45) is 1.46. The molecule has 0 aliphatic carbocycles. The zero-order valence-corrected chi connectivity index (χ0v) is 19.2. The van der Waals surface area contributed by atoms with Gasteiger partial charge in [0.05, 0.1) is 24.3 Å². The van der Waals surface area contributed by atoms with Crippen LogP contribution in [0.25, 0.3) is 0 Å². The van der Waals surface area contributed by atoms with Gasteiger partial charge in [-0.05, 0) is 42.3 Å². The monoisotopic (exact) mass is 486 g/mol. The number of ketones is 2. The minimum Gasteiger partial charge on any atom is -0.345 e. The second-order valence-electron chi connectivity index (χ2n) is 7.99. The Kier molecular flexibility index (Phi) is 9.12. The van der Waals surface area contributed by atoms with Crippen LogP contribution in [0.1, 0.15) is 33.6 Å². The van der Waals surface area contributed by atoms with Crippen LogP contribution in [-0.4, -0.2) is 34.9 Å². The van der Waals surface area contributed by atoms with Crippen LogP contribution in [0.4, 0.5) is 4.39 Å². The summed E-state index contributed by atoms with van der Waals surface area (Å²) in [4.78, 5) is 54.5. The zero-order valence-electron chi connectivity index (χ0n) is 19.2. The summed E-state index contributed by atoms with van der Waals surface area (Å²) in [7, 11) is 0. The molecule has 36 heavy (non-hydrogen) atoms. The van der Waals surface area contributed by atoms with Gasteiger partial charge in [0.2, 0.25) is 5.78 Å². The van der Waals surface area contributed by atoms with E-state index >= 15 is 0 Å². The molecule has 2 amide bonds.